The highest BCUT2D eigenvalue weighted by Crippen LogP contribution is 2.37. The normalized spacial score (nSPS) is 22.6. The molecule has 1 amide bonds. The quantitative estimate of drug-likeness (QED) is 0.837. The van der Waals surface area contributed by atoms with E-state index in [1.165, 1.54) is 6.42 Å². The van der Waals surface area contributed by atoms with Crippen molar-refractivity contribution in [1.82, 2.24) is 10.2 Å². The van der Waals surface area contributed by atoms with Crippen LogP contribution in [-0.4, -0.2) is 44.7 Å². The number of nitrogens with zero attached hydrogens (tertiary/aromatic N) is 1. The van der Waals surface area contributed by atoms with Crippen molar-refractivity contribution in [1.29, 1.82) is 0 Å². The van der Waals surface area contributed by atoms with E-state index >= 15 is 0 Å². The molecule has 2 aliphatic heterocycles. The topological polar surface area (TPSA) is 50.8 Å². The van der Waals surface area contributed by atoms with Gasteiger partial charge in [0.15, 0.2) is 11.5 Å². The van der Waals surface area contributed by atoms with Crippen molar-refractivity contribution in [2.45, 2.75) is 38.1 Å². The summed E-state index contributed by atoms with van der Waals surface area (Å²) in [6, 6.07) is 6.16. The molecule has 25 heavy (non-hydrogen) atoms. The molecule has 3 rings (SSSR count). The van der Waals surface area contributed by atoms with Gasteiger partial charge < -0.3 is 19.7 Å². The number of likely N-dealkylation sites (tertiary alicyclic amines) is 1. The minimum atomic E-state index is 0. The molecule has 1 N–H and O–H groups in total. The lowest BCUT2D eigenvalue weighted by Gasteiger charge is -2.26. The van der Waals surface area contributed by atoms with Crippen LogP contribution in [0.25, 0.3) is 0 Å². The lowest BCUT2D eigenvalue weighted by Crippen LogP contribution is -2.30. The van der Waals surface area contributed by atoms with Gasteiger partial charge in [-0.05, 0) is 62.4 Å². The number of ether oxygens (including phenoxy) is 2. The Kier molecular flexibility index (Phi) is 7.38. The summed E-state index contributed by atoms with van der Waals surface area (Å²) in [4.78, 5) is 14.8. The van der Waals surface area contributed by atoms with Gasteiger partial charge in [0.05, 0.1) is 20.3 Å². The van der Waals surface area contributed by atoms with Gasteiger partial charge in [0.25, 0.3) is 0 Å². The first kappa shape index (κ1) is 19.9. The number of hydrogen-bond acceptors (Lipinski definition) is 4. The summed E-state index contributed by atoms with van der Waals surface area (Å²) in [5.74, 6) is 2.41. The van der Waals surface area contributed by atoms with E-state index in [9.17, 15) is 4.79 Å². The van der Waals surface area contributed by atoms with Gasteiger partial charge in [0.2, 0.25) is 5.91 Å². The second-order valence-corrected chi connectivity index (χ2v) is 6.76. The summed E-state index contributed by atoms with van der Waals surface area (Å²) < 4.78 is 10.7. The fourth-order valence-corrected chi connectivity index (χ4v) is 3.90. The van der Waals surface area contributed by atoms with Gasteiger partial charge in [-0.1, -0.05) is 6.07 Å². The van der Waals surface area contributed by atoms with Crippen LogP contribution in [0.15, 0.2) is 18.2 Å². The largest absolute Gasteiger partial charge is 0.493 e. The first-order valence-corrected chi connectivity index (χ1v) is 8.95. The molecule has 2 unspecified atom stereocenters. The molecular formula is C19H29ClN2O3. The molecule has 2 atom stereocenters. The van der Waals surface area contributed by atoms with Crippen LogP contribution in [0, 0.1) is 5.92 Å². The molecule has 1 aromatic rings. The smallest absolute Gasteiger partial charge is 0.223 e. The molecule has 2 heterocycles. The summed E-state index contributed by atoms with van der Waals surface area (Å²) in [5.41, 5.74) is 1.14. The monoisotopic (exact) mass is 368 g/mol. The number of carbonyl (C=O) groups excluding carboxylic acids is 1. The maximum Gasteiger partial charge on any atom is 0.223 e. The van der Waals surface area contributed by atoms with Gasteiger partial charge in [-0.2, -0.15) is 0 Å². The second kappa shape index (κ2) is 9.30. The molecule has 0 aromatic heterocycles. The molecule has 0 aliphatic carbocycles. The Morgan fingerprint density at radius 1 is 1.24 bits per heavy atom. The third kappa shape index (κ3) is 4.59. The van der Waals surface area contributed by atoms with E-state index in [0.717, 1.165) is 56.0 Å². The summed E-state index contributed by atoms with van der Waals surface area (Å²) in [6.45, 7) is 3.02. The lowest BCUT2D eigenvalue weighted by molar-refractivity contribution is -0.132. The molecule has 2 aliphatic rings. The van der Waals surface area contributed by atoms with Crippen molar-refractivity contribution < 1.29 is 14.3 Å². The van der Waals surface area contributed by atoms with Crippen LogP contribution in [0.3, 0.4) is 0 Å². The van der Waals surface area contributed by atoms with Crippen LogP contribution < -0.4 is 14.8 Å². The third-order valence-corrected chi connectivity index (χ3v) is 5.29. The summed E-state index contributed by atoms with van der Waals surface area (Å²) >= 11 is 0. The second-order valence-electron chi connectivity index (χ2n) is 6.76. The first-order valence-electron chi connectivity index (χ1n) is 8.95. The van der Waals surface area contributed by atoms with E-state index in [4.69, 9.17) is 9.47 Å². The molecule has 0 radical (unpaired) electrons. The van der Waals surface area contributed by atoms with E-state index in [0.29, 0.717) is 18.2 Å². The maximum absolute atomic E-state index is 12.7. The van der Waals surface area contributed by atoms with Gasteiger partial charge >= 0.3 is 0 Å². The van der Waals surface area contributed by atoms with Gasteiger partial charge in [-0.25, -0.2) is 0 Å². The van der Waals surface area contributed by atoms with Gasteiger partial charge in [-0.3, -0.25) is 4.79 Å². The van der Waals surface area contributed by atoms with Crippen LogP contribution in [0.2, 0.25) is 0 Å². The van der Waals surface area contributed by atoms with Gasteiger partial charge in [0.1, 0.15) is 0 Å². The van der Waals surface area contributed by atoms with Crippen LogP contribution in [0.5, 0.6) is 11.5 Å². The fraction of sp³-hybridized carbons (Fsp3) is 0.632. The molecule has 1 aromatic carbocycles. The maximum atomic E-state index is 12.7. The van der Waals surface area contributed by atoms with E-state index in [-0.39, 0.29) is 18.4 Å². The minimum absolute atomic E-state index is 0. The summed E-state index contributed by atoms with van der Waals surface area (Å²) in [6.07, 6.45) is 4.95. The van der Waals surface area contributed by atoms with E-state index in [2.05, 4.69) is 16.3 Å². The molecule has 140 valence electrons. The fourth-order valence-electron chi connectivity index (χ4n) is 3.90. The number of carbonyl (C=O) groups is 1. The zero-order valence-corrected chi connectivity index (χ0v) is 15.9. The Bertz CT molecular complexity index is 576. The van der Waals surface area contributed by atoms with Crippen molar-refractivity contribution in [2.75, 3.05) is 33.9 Å². The van der Waals surface area contributed by atoms with Crippen molar-refractivity contribution in [2.24, 2.45) is 5.92 Å². The van der Waals surface area contributed by atoms with Crippen LogP contribution in [-0.2, 0) is 4.79 Å². The van der Waals surface area contributed by atoms with E-state index < -0.39 is 0 Å². The Labute approximate surface area is 156 Å². The Balaban J connectivity index is 0.00000225. The zero-order chi connectivity index (χ0) is 16.9. The number of benzene rings is 1. The molecule has 2 saturated heterocycles. The van der Waals surface area contributed by atoms with Crippen LogP contribution in [0.4, 0.5) is 0 Å². The van der Waals surface area contributed by atoms with Crippen LogP contribution in [0.1, 0.15) is 43.7 Å². The van der Waals surface area contributed by atoms with Crippen molar-refractivity contribution in [3.63, 3.8) is 0 Å². The van der Waals surface area contributed by atoms with Crippen molar-refractivity contribution in [3.8, 4) is 11.5 Å². The summed E-state index contributed by atoms with van der Waals surface area (Å²) in [7, 11) is 3.29. The number of hydrogen-bond donors (Lipinski definition) is 1. The Morgan fingerprint density at radius 3 is 2.72 bits per heavy atom. The van der Waals surface area contributed by atoms with Crippen molar-refractivity contribution >= 4 is 18.3 Å². The molecular weight excluding hydrogens is 340 g/mol. The van der Waals surface area contributed by atoms with Gasteiger partial charge in [0, 0.05) is 13.0 Å². The molecule has 5 nitrogen and oxygen atoms in total. The molecule has 0 saturated carbocycles. The molecule has 0 bridgehead atoms. The predicted octanol–water partition coefficient (Wildman–Crippen LogP) is 3.18. The predicted molar refractivity (Wildman–Crippen MR) is 101 cm³/mol. The zero-order valence-electron chi connectivity index (χ0n) is 15.1. The molecule has 6 heteroatoms. The average molecular weight is 369 g/mol. The number of halogens is 1. The SMILES string of the molecule is COc1ccc(C2CCCN2C(=O)CCC2CCNC2)cc1OC.Cl. The third-order valence-electron chi connectivity index (χ3n) is 5.29. The van der Waals surface area contributed by atoms with E-state index in [1.54, 1.807) is 14.2 Å². The molecule has 2 fully saturated rings. The number of nitrogens with one attached hydrogen (secondary N) is 1. The Hall–Kier alpha value is -1.46. The lowest BCUT2D eigenvalue weighted by atomic mass is 10.0. The molecule has 0 spiro atoms. The standard InChI is InChI=1S/C19H28N2O3.ClH/c1-23-17-7-6-15(12-18(17)24-2)16-4-3-11-21(16)19(22)8-5-14-9-10-20-13-14;/h6-7,12,14,16,20H,3-5,8-11,13H2,1-2H3;1H. The minimum Gasteiger partial charge on any atom is -0.493 e. The average Bonchev–Trinajstić information content (AvgIpc) is 3.30. The Morgan fingerprint density at radius 2 is 2.04 bits per heavy atom. The summed E-state index contributed by atoms with van der Waals surface area (Å²) in [5, 5.41) is 3.37. The number of methoxy groups -OCH3 is 2. The highest BCUT2D eigenvalue weighted by molar-refractivity contribution is 5.85. The van der Waals surface area contributed by atoms with Crippen molar-refractivity contribution in [3.05, 3.63) is 23.8 Å². The number of rotatable bonds is 6. The first-order chi connectivity index (χ1) is 11.7. The van der Waals surface area contributed by atoms with E-state index in [1.807, 2.05) is 12.1 Å². The van der Waals surface area contributed by atoms with Gasteiger partial charge in [-0.15, -0.1) is 12.4 Å². The highest BCUT2D eigenvalue weighted by atomic mass is 35.5. The van der Waals surface area contributed by atoms with Crippen LogP contribution >= 0.6 is 12.4 Å². The number of amides is 1. The highest BCUT2D eigenvalue weighted by Gasteiger charge is 2.30.